The highest BCUT2D eigenvalue weighted by Gasteiger charge is 2.29. The van der Waals surface area contributed by atoms with Crippen LogP contribution in [-0.4, -0.2) is 17.3 Å². The highest BCUT2D eigenvalue weighted by atomic mass is 32.2. The minimum Gasteiger partial charge on any atom is -0.353 e. The van der Waals surface area contributed by atoms with Crippen LogP contribution in [-0.2, 0) is 30.2 Å². The lowest BCUT2D eigenvalue weighted by molar-refractivity contribution is 0.392. The second-order valence-corrected chi connectivity index (χ2v) is 8.48. The third-order valence-electron chi connectivity index (χ3n) is 3.81. The minimum atomic E-state index is -4.13. The molecule has 0 spiro atoms. The van der Waals surface area contributed by atoms with Crippen molar-refractivity contribution in [2.45, 2.75) is 18.0 Å². The smallest absolute Gasteiger partial charge is 0.246 e. The Labute approximate surface area is 149 Å². The van der Waals surface area contributed by atoms with Crippen LogP contribution in [0.1, 0.15) is 10.6 Å². The summed E-state index contributed by atoms with van der Waals surface area (Å²) in [4.78, 5) is 0.306. The maximum absolute atomic E-state index is 14.1. The number of thiophene rings is 1. The highest BCUT2D eigenvalue weighted by Crippen LogP contribution is 2.25. The number of aryl methyl sites for hydroxylation is 1. The summed E-state index contributed by atoms with van der Waals surface area (Å²) in [5.74, 6) is -1.91. The molecule has 2 aromatic heterocycles. The highest BCUT2D eigenvalue weighted by molar-refractivity contribution is 7.89. The molecule has 0 N–H and O–H groups in total. The predicted molar refractivity (Wildman–Crippen MR) is 92.5 cm³/mol. The molecule has 0 unspecified atom stereocenters. The molecule has 0 amide bonds. The van der Waals surface area contributed by atoms with Gasteiger partial charge in [-0.25, -0.2) is 17.2 Å². The van der Waals surface area contributed by atoms with E-state index in [1.807, 2.05) is 36.8 Å². The standard InChI is InChI=1S/C17H16F2N2O2S2/c1-20-8-2-4-14(20)11-21(12-15-5-3-9-24-15)25(22,23)17-7-6-13(18)10-16(17)19/h2-10H,11-12H2,1H3. The zero-order valence-electron chi connectivity index (χ0n) is 13.4. The van der Waals surface area contributed by atoms with E-state index in [1.54, 1.807) is 10.6 Å². The SMILES string of the molecule is Cn1cccc1CN(Cc1cccs1)S(=O)(=O)c1ccc(F)cc1F. The van der Waals surface area contributed by atoms with Gasteiger partial charge in [-0.3, -0.25) is 0 Å². The van der Waals surface area contributed by atoms with E-state index in [-0.39, 0.29) is 13.1 Å². The van der Waals surface area contributed by atoms with Gasteiger partial charge in [0.2, 0.25) is 10.0 Å². The number of aromatic nitrogens is 1. The van der Waals surface area contributed by atoms with E-state index in [0.29, 0.717) is 6.07 Å². The van der Waals surface area contributed by atoms with Crippen molar-refractivity contribution in [3.8, 4) is 0 Å². The van der Waals surface area contributed by atoms with Gasteiger partial charge in [-0.1, -0.05) is 6.07 Å². The summed E-state index contributed by atoms with van der Waals surface area (Å²) < 4.78 is 56.2. The van der Waals surface area contributed by atoms with Crippen LogP contribution in [0, 0.1) is 11.6 Å². The molecule has 3 rings (SSSR count). The van der Waals surface area contributed by atoms with Crippen molar-refractivity contribution < 1.29 is 17.2 Å². The zero-order chi connectivity index (χ0) is 18.0. The largest absolute Gasteiger partial charge is 0.353 e. The fourth-order valence-corrected chi connectivity index (χ4v) is 4.70. The van der Waals surface area contributed by atoms with Crippen molar-refractivity contribution in [2.24, 2.45) is 7.05 Å². The molecule has 132 valence electrons. The molecule has 1 aromatic carbocycles. The van der Waals surface area contributed by atoms with Crippen molar-refractivity contribution in [1.29, 1.82) is 0 Å². The normalized spacial score (nSPS) is 12.0. The maximum atomic E-state index is 14.1. The fourth-order valence-electron chi connectivity index (χ4n) is 2.47. The summed E-state index contributed by atoms with van der Waals surface area (Å²) in [6.45, 7) is 0.197. The first-order valence-electron chi connectivity index (χ1n) is 7.46. The molecular weight excluding hydrogens is 366 g/mol. The van der Waals surface area contributed by atoms with Crippen LogP contribution < -0.4 is 0 Å². The van der Waals surface area contributed by atoms with Crippen LogP contribution >= 0.6 is 11.3 Å². The molecule has 0 radical (unpaired) electrons. The number of nitrogens with zero attached hydrogens (tertiary/aromatic N) is 2. The fraction of sp³-hybridized carbons (Fsp3) is 0.176. The second-order valence-electron chi connectivity index (χ2n) is 5.54. The van der Waals surface area contributed by atoms with Crippen molar-refractivity contribution in [2.75, 3.05) is 0 Å². The van der Waals surface area contributed by atoms with Gasteiger partial charge in [0.1, 0.15) is 16.5 Å². The number of rotatable bonds is 6. The van der Waals surface area contributed by atoms with Crippen LogP contribution in [0.4, 0.5) is 8.78 Å². The molecule has 0 aliphatic carbocycles. The topological polar surface area (TPSA) is 42.3 Å². The van der Waals surface area contributed by atoms with E-state index < -0.39 is 26.6 Å². The number of benzene rings is 1. The van der Waals surface area contributed by atoms with Gasteiger partial charge in [-0.2, -0.15) is 4.31 Å². The number of halogens is 2. The summed E-state index contributed by atoms with van der Waals surface area (Å²) in [6, 6.07) is 9.75. The molecule has 8 heteroatoms. The summed E-state index contributed by atoms with van der Waals surface area (Å²) in [7, 11) is -2.32. The van der Waals surface area contributed by atoms with E-state index in [1.165, 1.54) is 15.6 Å². The molecule has 0 aliphatic heterocycles. The molecular formula is C17H16F2N2O2S2. The van der Waals surface area contributed by atoms with Crippen LogP contribution in [0.3, 0.4) is 0 Å². The summed E-state index contributed by atoms with van der Waals surface area (Å²) >= 11 is 1.42. The van der Waals surface area contributed by atoms with Gasteiger partial charge in [0.15, 0.2) is 0 Å². The second kappa shape index (κ2) is 7.07. The van der Waals surface area contributed by atoms with Crippen molar-refractivity contribution in [3.05, 3.63) is 76.2 Å². The van der Waals surface area contributed by atoms with Gasteiger partial charge in [0.25, 0.3) is 0 Å². The van der Waals surface area contributed by atoms with Gasteiger partial charge in [-0.05, 0) is 35.7 Å². The van der Waals surface area contributed by atoms with Gasteiger partial charge in [-0.15, -0.1) is 11.3 Å². The van der Waals surface area contributed by atoms with Gasteiger partial charge in [0.05, 0.1) is 6.54 Å². The first-order chi connectivity index (χ1) is 11.9. The number of sulfonamides is 1. The lowest BCUT2D eigenvalue weighted by atomic mass is 10.3. The molecule has 0 saturated heterocycles. The Morgan fingerprint density at radius 2 is 1.92 bits per heavy atom. The molecule has 0 aliphatic rings. The van der Waals surface area contributed by atoms with E-state index in [2.05, 4.69) is 0 Å². The number of hydrogen-bond acceptors (Lipinski definition) is 3. The average molecular weight is 382 g/mol. The Hall–Kier alpha value is -2.03. The van der Waals surface area contributed by atoms with E-state index in [9.17, 15) is 17.2 Å². The molecule has 0 atom stereocenters. The van der Waals surface area contributed by atoms with E-state index in [0.717, 1.165) is 22.7 Å². The van der Waals surface area contributed by atoms with Crippen LogP contribution in [0.5, 0.6) is 0 Å². The molecule has 0 bridgehead atoms. The summed E-state index contributed by atoms with van der Waals surface area (Å²) in [5.41, 5.74) is 0.766. The molecule has 3 aromatic rings. The molecule has 0 fully saturated rings. The summed E-state index contributed by atoms with van der Waals surface area (Å²) in [5, 5.41) is 1.85. The van der Waals surface area contributed by atoms with Gasteiger partial charge < -0.3 is 4.57 Å². The Morgan fingerprint density at radius 3 is 2.52 bits per heavy atom. The third-order valence-corrected chi connectivity index (χ3v) is 6.50. The van der Waals surface area contributed by atoms with E-state index in [4.69, 9.17) is 0 Å². The average Bonchev–Trinajstić information content (AvgIpc) is 3.18. The van der Waals surface area contributed by atoms with E-state index >= 15 is 0 Å². The monoisotopic (exact) mass is 382 g/mol. The molecule has 25 heavy (non-hydrogen) atoms. The van der Waals surface area contributed by atoms with Crippen molar-refractivity contribution >= 4 is 21.4 Å². The lowest BCUT2D eigenvalue weighted by Gasteiger charge is -2.22. The molecule has 0 saturated carbocycles. The Morgan fingerprint density at radius 1 is 1.12 bits per heavy atom. The van der Waals surface area contributed by atoms with Crippen LogP contribution in [0.15, 0.2) is 58.9 Å². The Balaban J connectivity index is 2.01. The summed E-state index contributed by atoms with van der Waals surface area (Å²) in [6.07, 6.45) is 1.81. The quantitative estimate of drug-likeness (QED) is 0.652. The van der Waals surface area contributed by atoms with Crippen molar-refractivity contribution in [3.63, 3.8) is 0 Å². The van der Waals surface area contributed by atoms with Crippen molar-refractivity contribution in [1.82, 2.24) is 8.87 Å². The Bertz CT molecular complexity index is 966. The molecule has 4 nitrogen and oxygen atoms in total. The van der Waals surface area contributed by atoms with Gasteiger partial charge in [0, 0.05) is 36.4 Å². The zero-order valence-corrected chi connectivity index (χ0v) is 15.0. The third kappa shape index (κ3) is 3.81. The number of hydrogen-bond donors (Lipinski definition) is 0. The molecule has 2 heterocycles. The van der Waals surface area contributed by atoms with Crippen LogP contribution in [0.2, 0.25) is 0 Å². The lowest BCUT2D eigenvalue weighted by Crippen LogP contribution is -2.31. The van der Waals surface area contributed by atoms with Crippen LogP contribution in [0.25, 0.3) is 0 Å². The maximum Gasteiger partial charge on any atom is 0.246 e. The minimum absolute atomic E-state index is 0.0839. The predicted octanol–water partition coefficient (Wildman–Crippen LogP) is 3.76. The Kier molecular flexibility index (Phi) is 5.03. The van der Waals surface area contributed by atoms with Gasteiger partial charge >= 0.3 is 0 Å². The first-order valence-corrected chi connectivity index (χ1v) is 9.77. The first kappa shape index (κ1) is 17.8.